The van der Waals surface area contributed by atoms with E-state index in [2.05, 4.69) is 5.32 Å². The number of anilines is 1. The van der Waals surface area contributed by atoms with Crippen molar-refractivity contribution in [1.82, 2.24) is 13.4 Å². The number of thiophene rings is 1. The first-order valence-electron chi connectivity index (χ1n) is 11.0. The van der Waals surface area contributed by atoms with E-state index in [0.717, 1.165) is 32.1 Å². The predicted molar refractivity (Wildman–Crippen MR) is 132 cm³/mol. The van der Waals surface area contributed by atoms with Crippen LogP contribution in [0.1, 0.15) is 23.6 Å². The second-order valence-electron chi connectivity index (χ2n) is 8.19. The largest absolute Gasteiger partial charge is 0.456 e. The highest BCUT2D eigenvalue weighted by Gasteiger charge is 2.38. The molecule has 0 bridgehead atoms. The van der Waals surface area contributed by atoms with Gasteiger partial charge in [-0.05, 0) is 29.0 Å². The minimum Gasteiger partial charge on any atom is -0.456 e. The lowest BCUT2D eigenvalue weighted by molar-refractivity contribution is -0.148. The highest BCUT2D eigenvalue weighted by Crippen LogP contribution is 2.37. The number of ether oxygens (including phenoxy) is 1. The van der Waals surface area contributed by atoms with E-state index < -0.39 is 45.8 Å². The van der Waals surface area contributed by atoms with Gasteiger partial charge in [-0.3, -0.25) is 23.5 Å². The van der Waals surface area contributed by atoms with Crippen molar-refractivity contribution in [1.29, 1.82) is 0 Å². The van der Waals surface area contributed by atoms with Gasteiger partial charge in [-0.15, -0.1) is 11.3 Å². The molecule has 4 rings (SSSR count). The van der Waals surface area contributed by atoms with Crippen molar-refractivity contribution in [3.05, 3.63) is 79.8 Å². The molecule has 1 atom stereocenters. The first-order valence-corrected chi connectivity index (χ1v) is 13.3. The van der Waals surface area contributed by atoms with Crippen molar-refractivity contribution in [3.63, 3.8) is 0 Å². The molecule has 13 heteroatoms. The molecule has 190 valence electrons. The third kappa shape index (κ3) is 5.03. The Balaban J connectivity index is 1.48. The Hall–Kier alpha value is -3.55. The van der Waals surface area contributed by atoms with Gasteiger partial charge in [-0.2, -0.15) is 4.31 Å². The number of carbonyl (C=O) groups excluding carboxylic acids is 2. The summed E-state index contributed by atoms with van der Waals surface area (Å²) in [4.78, 5) is 48.9. The van der Waals surface area contributed by atoms with E-state index in [4.69, 9.17) is 4.74 Å². The van der Waals surface area contributed by atoms with Crippen molar-refractivity contribution in [2.75, 3.05) is 18.5 Å². The Labute approximate surface area is 210 Å². The van der Waals surface area contributed by atoms with Crippen LogP contribution in [-0.2, 0) is 44.9 Å². The molecule has 1 aliphatic rings. The fourth-order valence-electron chi connectivity index (χ4n) is 4.05. The van der Waals surface area contributed by atoms with E-state index in [1.165, 1.54) is 24.5 Å². The summed E-state index contributed by atoms with van der Waals surface area (Å²) in [5.41, 5.74) is 0.420. The number of nitrogens with zero attached hydrogens (tertiary/aromatic N) is 3. The fraction of sp³-hybridized carbons (Fsp3) is 0.304. The van der Waals surface area contributed by atoms with Crippen molar-refractivity contribution >= 4 is 39.1 Å². The number of rotatable bonds is 7. The molecule has 1 N–H and O–H groups in total. The molecule has 3 aromatic rings. The number of hydrogen-bond donors (Lipinski definition) is 1. The number of carbonyl (C=O) groups is 2. The average molecular weight is 533 g/mol. The lowest BCUT2D eigenvalue weighted by Gasteiger charge is -2.35. The van der Waals surface area contributed by atoms with Gasteiger partial charge < -0.3 is 10.1 Å². The summed E-state index contributed by atoms with van der Waals surface area (Å²) in [5.74, 6) is -1.56. The quantitative estimate of drug-likeness (QED) is 0.448. The molecule has 0 saturated carbocycles. The first kappa shape index (κ1) is 25.5. The summed E-state index contributed by atoms with van der Waals surface area (Å²) in [6.45, 7) is -0.471. The van der Waals surface area contributed by atoms with Crippen LogP contribution in [0, 0.1) is 0 Å². The molecule has 1 amide bonds. The van der Waals surface area contributed by atoms with Gasteiger partial charge in [0, 0.05) is 26.7 Å². The highest BCUT2D eigenvalue weighted by atomic mass is 32.2. The summed E-state index contributed by atoms with van der Waals surface area (Å²) in [6, 6.07) is 10.8. The van der Waals surface area contributed by atoms with Gasteiger partial charge in [0.25, 0.3) is 21.5 Å². The summed E-state index contributed by atoms with van der Waals surface area (Å²) < 4.78 is 35.2. The molecule has 1 aliphatic heterocycles. The lowest BCUT2D eigenvalue weighted by atomic mass is 9.92. The molecule has 0 fully saturated rings. The number of fused-ring (bicyclic) bond motifs is 1. The van der Waals surface area contributed by atoms with E-state index in [9.17, 15) is 27.6 Å². The van der Waals surface area contributed by atoms with Crippen LogP contribution in [-0.4, -0.2) is 46.9 Å². The molecule has 0 radical (unpaired) electrons. The SMILES string of the molecule is Cn1c(NC(=O)COC(=O)CC2c3ccccc3CCN2S(=O)(=O)c2cccs2)cc(=O)n(C)c1=O. The Morgan fingerprint density at radius 1 is 1.11 bits per heavy atom. The maximum Gasteiger partial charge on any atom is 0.332 e. The standard InChI is InChI=1S/C23H24N4O7S2/c1-25-18(13-20(29)26(2)23(25)31)24-19(28)14-34-21(30)12-17-16-7-4-3-6-15(16)9-10-27(17)36(32,33)22-8-5-11-35-22/h3-8,11,13,17H,9-10,12,14H2,1-2H3,(H,24,28). The highest BCUT2D eigenvalue weighted by molar-refractivity contribution is 7.91. The average Bonchev–Trinajstić information content (AvgIpc) is 3.41. The number of esters is 1. The normalized spacial score (nSPS) is 15.8. The molecule has 0 saturated heterocycles. The van der Waals surface area contributed by atoms with Gasteiger partial charge in [0.15, 0.2) is 6.61 Å². The van der Waals surface area contributed by atoms with Crippen molar-refractivity contribution in [2.24, 2.45) is 14.1 Å². The van der Waals surface area contributed by atoms with Crippen molar-refractivity contribution in [3.8, 4) is 0 Å². The zero-order chi connectivity index (χ0) is 26.0. The number of sulfonamides is 1. The third-order valence-corrected chi connectivity index (χ3v) is 9.22. The van der Waals surface area contributed by atoms with Crippen LogP contribution in [0.15, 0.2) is 61.6 Å². The van der Waals surface area contributed by atoms with E-state index in [0.29, 0.717) is 12.0 Å². The number of hydrogen-bond acceptors (Lipinski definition) is 8. The molecule has 11 nitrogen and oxygen atoms in total. The Morgan fingerprint density at radius 3 is 2.58 bits per heavy atom. The zero-order valence-electron chi connectivity index (χ0n) is 19.5. The first-order chi connectivity index (χ1) is 17.1. The van der Waals surface area contributed by atoms with Gasteiger partial charge in [0.05, 0.1) is 12.5 Å². The Morgan fingerprint density at radius 2 is 1.86 bits per heavy atom. The van der Waals surface area contributed by atoms with Gasteiger partial charge in [0.1, 0.15) is 10.0 Å². The Kier molecular flexibility index (Phi) is 7.24. The topological polar surface area (TPSA) is 137 Å². The minimum atomic E-state index is -3.84. The van der Waals surface area contributed by atoms with Crippen LogP contribution in [0.2, 0.25) is 0 Å². The summed E-state index contributed by atoms with van der Waals surface area (Å²) in [7, 11) is -1.15. The lowest BCUT2D eigenvalue weighted by Crippen LogP contribution is -2.41. The fourth-order valence-corrected chi connectivity index (χ4v) is 6.77. The smallest absolute Gasteiger partial charge is 0.332 e. The molecular weight excluding hydrogens is 508 g/mol. The van der Waals surface area contributed by atoms with E-state index in [-0.39, 0.29) is 23.0 Å². The van der Waals surface area contributed by atoms with Crippen LogP contribution in [0.25, 0.3) is 0 Å². The molecule has 1 unspecified atom stereocenters. The van der Waals surface area contributed by atoms with Gasteiger partial charge in [-0.1, -0.05) is 30.3 Å². The number of amides is 1. The van der Waals surface area contributed by atoms with Crippen molar-refractivity contribution < 1.29 is 22.7 Å². The molecule has 0 aliphatic carbocycles. The zero-order valence-corrected chi connectivity index (χ0v) is 21.2. The number of nitrogens with one attached hydrogen (secondary N) is 1. The Bertz CT molecular complexity index is 1520. The van der Waals surface area contributed by atoms with Crippen LogP contribution in [0.5, 0.6) is 0 Å². The minimum absolute atomic E-state index is 0.0430. The molecule has 1 aromatic carbocycles. The summed E-state index contributed by atoms with van der Waals surface area (Å²) >= 11 is 1.10. The van der Waals surface area contributed by atoms with Gasteiger partial charge in [0.2, 0.25) is 0 Å². The number of aromatic nitrogens is 2. The van der Waals surface area contributed by atoms with E-state index in [1.807, 2.05) is 12.1 Å². The molecule has 36 heavy (non-hydrogen) atoms. The predicted octanol–water partition coefficient (Wildman–Crippen LogP) is 1.01. The van der Waals surface area contributed by atoms with Gasteiger partial charge >= 0.3 is 11.7 Å². The molecule has 0 spiro atoms. The van der Waals surface area contributed by atoms with E-state index >= 15 is 0 Å². The van der Waals surface area contributed by atoms with Crippen LogP contribution < -0.4 is 16.6 Å². The summed E-state index contributed by atoms with van der Waals surface area (Å²) in [5, 5.41) is 4.05. The molecule has 2 aromatic heterocycles. The van der Waals surface area contributed by atoms with Crippen LogP contribution in [0.4, 0.5) is 5.82 Å². The maximum atomic E-state index is 13.3. The van der Waals surface area contributed by atoms with Gasteiger partial charge in [-0.25, -0.2) is 13.2 Å². The van der Waals surface area contributed by atoms with E-state index in [1.54, 1.807) is 23.6 Å². The molecule has 3 heterocycles. The van der Waals surface area contributed by atoms with Crippen LogP contribution >= 0.6 is 11.3 Å². The second kappa shape index (κ2) is 10.2. The number of benzene rings is 1. The second-order valence-corrected chi connectivity index (χ2v) is 11.3. The third-order valence-electron chi connectivity index (χ3n) is 5.94. The van der Waals surface area contributed by atoms with Crippen LogP contribution in [0.3, 0.4) is 0 Å². The maximum absolute atomic E-state index is 13.3. The monoisotopic (exact) mass is 532 g/mol. The van der Waals surface area contributed by atoms with Crippen molar-refractivity contribution in [2.45, 2.75) is 23.1 Å². The summed E-state index contributed by atoms with van der Waals surface area (Å²) in [6.07, 6.45) is 0.212. The molecular formula is C23H24N4O7S2.